The summed E-state index contributed by atoms with van der Waals surface area (Å²) in [6.07, 6.45) is 1.79. The van der Waals surface area contributed by atoms with E-state index in [1.807, 2.05) is 12.1 Å². The lowest BCUT2D eigenvalue weighted by Gasteiger charge is -2.27. The van der Waals surface area contributed by atoms with E-state index in [1.165, 1.54) is 0 Å². The molecule has 1 aromatic heterocycles. The Labute approximate surface area is 173 Å². The number of ether oxygens (including phenoxy) is 1. The van der Waals surface area contributed by atoms with Gasteiger partial charge in [-0.05, 0) is 29.8 Å². The SMILES string of the molecule is Cl.Cl.Nc1cc(Br)ccc1C(=O)NCc1ccc(N2CCOCC2)nc1. The maximum atomic E-state index is 12.2. The molecule has 2 heterocycles. The largest absolute Gasteiger partial charge is 0.398 e. The number of carbonyl (C=O) groups is 1. The third-order valence-electron chi connectivity index (χ3n) is 3.86. The van der Waals surface area contributed by atoms with E-state index in [-0.39, 0.29) is 30.7 Å². The summed E-state index contributed by atoms with van der Waals surface area (Å²) in [5, 5.41) is 2.87. The molecule has 1 saturated heterocycles. The number of amides is 1. The van der Waals surface area contributed by atoms with Gasteiger partial charge >= 0.3 is 0 Å². The average molecular weight is 464 g/mol. The highest BCUT2D eigenvalue weighted by molar-refractivity contribution is 9.10. The smallest absolute Gasteiger partial charge is 0.253 e. The standard InChI is InChI=1S/C17H19BrN4O2.2ClH/c18-13-2-3-14(15(19)9-13)17(23)21-11-12-1-4-16(20-10-12)22-5-7-24-8-6-22;;/h1-4,9-10H,5-8,11,19H2,(H,21,23);2*1H. The number of hydrogen-bond acceptors (Lipinski definition) is 5. The molecular weight excluding hydrogens is 443 g/mol. The predicted molar refractivity (Wildman–Crippen MR) is 111 cm³/mol. The van der Waals surface area contributed by atoms with Gasteiger partial charge in [-0.2, -0.15) is 0 Å². The molecule has 0 saturated carbocycles. The van der Waals surface area contributed by atoms with Crippen molar-refractivity contribution in [1.29, 1.82) is 0 Å². The number of nitrogens with two attached hydrogens (primary N) is 1. The molecule has 6 nitrogen and oxygen atoms in total. The molecular formula is C17H21BrCl2N4O2. The Bertz CT molecular complexity index is 725. The van der Waals surface area contributed by atoms with Gasteiger partial charge in [-0.3, -0.25) is 4.79 Å². The van der Waals surface area contributed by atoms with Crippen LogP contribution in [0.5, 0.6) is 0 Å². The lowest BCUT2D eigenvalue weighted by molar-refractivity contribution is 0.0951. The average Bonchev–Trinajstić information content (AvgIpc) is 2.61. The number of morpholine rings is 1. The third-order valence-corrected chi connectivity index (χ3v) is 4.35. The second-order valence-electron chi connectivity index (χ2n) is 5.54. The van der Waals surface area contributed by atoms with Gasteiger partial charge in [0.05, 0.1) is 18.8 Å². The Morgan fingerprint density at radius 2 is 1.96 bits per heavy atom. The predicted octanol–water partition coefficient (Wildman–Crippen LogP) is 3.04. The van der Waals surface area contributed by atoms with Crippen molar-refractivity contribution in [3.8, 4) is 0 Å². The van der Waals surface area contributed by atoms with E-state index in [0.29, 0.717) is 17.8 Å². The number of anilines is 2. The van der Waals surface area contributed by atoms with Crippen molar-refractivity contribution in [2.24, 2.45) is 0 Å². The number of nitrogens with zero attached hydrogens (tertiary/aromatic N) is 2. The molecule has 0 unspecified atom stereocenters. The second kappa shape index (κ2) is 10.6. The summed E-state index contributed by atoms with van der Waals surface area (Å²) in [5.41, 5.74) is 7.73. The Morgan fingerprint density at radius 1 is 1.23 bits per heavy atom. The minimum Gasteiger partial charge on any atom is -0.398 e. The lowest BCUT2D eigenvalue weighted by atomic mass is 10.1. The molecule has 2 aromatic rings. The zero-order valence-electron chi connectivity index (χ0n) is 14.0. The number of nitrogens with one attached hydrogen (secondary N) is 1. The van der Waals surface area contributed by atoms with Crippen LogP contribution in [-0.4, -0.2) is 37.2 Å². The van der Waals surface area contributed by atoms with Gasteiger partial charge in [0, 0.05) is 36.0 Å². The van der Waals surface area contributed by atoms with E-state index in [9.17, 15) is 4.79 Å². The molecule has 1 aliphatic rings. The van der Waals surface area contributed by atoms with Gasteiger partial charge < -0.3 is 20.7 Å². The lowest BCUT2D eigenvalue weighted by Crippen LogP contribution is -2.36. The molecule has 0 atom stereocenters. The number of carbonyl (C=O) groups excluding carboxylic acids is 1. The molecule has 9 heteroatoms. The third kappa shape index (κ3) is 5.74. The van der Waals surface area contributed by atoms with Gasteiger partial charge in [-0.25, -0.2) is 4.98 Å². The zero-order valence-corrected chi connectivity index (χ0v) is 17.2. The number of aromatic nitrogens is 1. The monoisotopic (exact) mass is 462 g/mol. The van der Waals surface area contributed by atoms with Crippen molar-refractivity contribution in [2.75, 3.05) is 36.9 Å². The molecule has 0 bridgehead atoms. The van der Waals surface area contributed by atoms with Crippen molar-refractivity contribution in [3.63, 3.8) is 0 Å². The topological polar surface area (TPSA) is 80.5 Å². The second-order valence-corrected chi connectivity index (χ2v) is 6.45. The number of rotatable bonds is 4. The highest BCUT2D eigenvalue weighted by atomic mass is 79.9. The number of benzene rings is 1. The normalized spacial score (nSPS) is 13.3. The summed E-state index contributed by atoms with van der Waals surface area (Å²) in [6.45, 7) is 3.57. The molecule has 1 aliphatic heterocycles. The number of halogens is 3. The van der Waals surface area contributed by atoms with Crippen LogP contribution < -0.4 is 16.0 Å². The summed E-state index contributed by atoms with van der Waals surface area (Å²) < 4.78 is 6.19. The van der Waals surface area contributed by atoms with Gasteiger partial charge in [0.2, 0.25) is 0 Å². The summed E-state index contributed by atoms with van der Waals surface area (Å²) in [6, 6.07) is 9.16. The van der Waals surface area contributed by atoms with Crippen molar-refractivity contribution in [2.45, 2.75) is 6.54 Å². The Balaban J connectivity index is 0.00000169. The van der Waals surface area contributed by atoms with Crippen molar-refractivity contribution >= 4 is 58.2 Å². The first-order valence-corrected chi connectivity index (χ1v) is 8.53. The molecule has 1 aromatic carbocycles. The van der Waals surface area contributed by atoms with Crippen molar-refractivity contribution in [1.82, 2.24) is 10.3 Å². The van der Waals surface area contributed by atoms with Crippen LogP contribution in [0.3, 0.4) is 0 Å². The number of nitrogen functional groups attached to an aromatic ring is 1. The molecule has 1 amide bonds. The molecule has 142 valence electrons. The highest BCUT2D eigenvalue weighted by Crippen LogP contribution is 2.18. The minimum atomic E-state index is -0.197. The van der Waals surface area contributed by atoms with Gasteiger partial charge in [0.1, 0.15) is 5.82 Å². The first kappa shape index (κ1) is 22.5. The first-order valence-electron chi connectivity index (χ1n) is 7.74. The number of pyridine rings is 1. The van der Waals surface area contributed by atoms with Crippen LogP contribution in [-0.2, 0) is 11.3 Å². The molecule has 3 rings (SSSR count). The molecule has 0 radical (unpaired) electrons. The van der Waals surface area contributed by atoms with E-state index in [2.05, 4.69) is 31.1 Å². The van der Waals surface area contributed by atoms with E-state index in [4.69, 9.17) is 10.5 Å². The van der Waals surface area contributed by atoms with Crippen LogP contribution >= 0.6 is 40.7 Å². The fourth-order valence-corrected chi connectivity index (χ4v) is 2.90. The first-order chi connectivity index (χ1) is 11.6. The van der Waals surface area contributed by atoms with Crippen LogP contribution in [0, 0.1) is 0 Å². The van der Waals surface area contributed by atoms with Gasteiger partial charge in [-0.1, -0.05) is 22.0 Å². The summed E-state index contributed by atoms with van der Waals surface area (Å²) in [7, 11) is 0. The van der Waals surface area contributed by atoms with E-state index in [1.54, 1.807) is 24.4 Å². The van der Waals surface area contributed by atoms with Crippen LogP contribution in [0.4, 0.5) is 11.5 Å². The maximum Gasteiger partial charge on any atom is 0.253 e. The van der Waals surface area contributed by atoms with Crippen LogP contribution in [0.25, 0.3) is 0 Å². The quantitative estimate of drug-likeness (QED) is 0.681. The van der Waals surface area contributed by atoms with Crippen LogP contribution in [0.2, 0.25) is 0 Å². The zero-order chi connectivity index (χ0) is 16.9. The van der Waals surface area contributed by atoms with E-state index >= 15 is 0 Å². The van der Waals surface area contributed by atoms with Gasteiger partial charge in [-0.15, -0.1) is 24.8 Å². The van der Waals surface area contributed by atoms with Crippen molar-refractivity contribution in [3.05, 3.63) is 52.1 Å². The fraction of sp³-hybridized carbons (Fsp3) is 0.294. The van der Waals surface area contributed by atoms with Crippen LogP contribution in [0.1, 0.15) is 15.9 Å². The molecule has 0 aliphatic carbocycles. The number of hydrogen-bond donors (Lipinski definition) is 2. The van der Waals surface area contributed by atoms with Gasteiger partial charge in [0.25, 0.3) is 5.91 Å². The summed E-state index contributed by atoms with van der Waals surface area (Å²) in [4.78, 5) is 18.9. The van der Waals surface area contributed by atoms with Crippen LogP contribution in [0.15, 0.2) is 41.0 Å². The Morgan fingerprint density at radius 3 is 2.58 bits per heavy atom. The summed E-state index contributed by atoms with van der Waals surface area (Å²) in [5.74, 6) is 0.739. The molecule has 0 spiro atoms. The molecule has 26 heavy (non-hydrogen) atoms. The maximum absolute atomic E-state index is 12.2. The summed E-state index contributed by atoms with van der Waals surface area (Å²) >= 11 is 3.33. The molecule has 3 N–H and O–H groups in total. The van der Waals surface area contributed by atoms with Crippen molar-refractivity contribution < 1.29 is 9.53 Å². The highest BCUT2D eigenvalue weighted by Gasteiger charge is 2.13. The van der Waals surface area contributed by atoms with E-state index < -0.39 is 0 Å². The molecule has 1 fully saturated rings. The Kier molecular flexibility index (Phi) is 9.15. The van der Waals surface area contributed by atoms with Gasteiger partial charge in [0.15, 0.2) is 0 Å². The van der Waals surface area contributed by atoms with E-state index in [0.717, 1.165) is 42.2 Å². The Hall–Kier alpha value is -1.54. The fourth-order valence-electron chi connectivity index (χ4n) is 2.52. The minimum absolute atomic E-state index is 0.